The van der Waals surface area contributed by atoms with Gasteiger partial charge < -0.3 is 4.74 Å². The maximum absolute atomic E-state index is 13.2. The zero-order chi connectivity index (χ0) is 10.6. The van der Waals surface area contributed by atoms with E-state index in [1.807, 2.05) is 0 Å². The topological polar surface area (TPSA) is 26.3 Å². The van der Waals surface area contributed by atoms with Crippen LogP contribution in [-0.4, -0.2) is 12.6 Å². The van der Waals surface area contributed by atoms with Gasteiger partial charge in [-0.25, -0.2) is 4.39 Å². The van der Waals surface area contributed by atoms with Gasteiger partial charge in [0.15, 0.2) is 0 Å². The third kappa shape index (κ3) is 2.54. The van der Waals surface area contributed by atoms with Gasteiger partial charge in [0, 0.05) is 5.56 Å². The highest BCUT2D eigenvalue weighted by Crippen LogP contribution is 2.26. The zero-order valence-corrected chi connectivity index (χ0v) is 9.25. The Hall–Kier alpha value is -0.900. The molecule has 1 rings (SSSR count). The Bertz CT molecular complexity index is 328. The lowest BCUT2D eigenvalue weighted by Gasteiger charge is -2.09. The summed E-state index contributed by atoms with van der Waals surface area (Å²) in [6.45, 7) is 1.99. The molecule has 0 aliphatic carbocycles. The lowest BCUT2D eigenvalue weighted by Crippen LogP contribution is -2.11. The second-order valence-electron chi connectivity index (χ2n) is 2.64. The van der Waals surface area contributed by atoms with E-state index in [1.165, 1.54) is 6.07 Å². The highest BCUT2D eigenvalue weighted by Gasteiger charge is 2.20. The highest BCUT2D eigenvalue weighted by atomic mass is 79.9. The van der Waals surface area contributed by atoms with Gasteiger partial charge in [-0.05, 0) is 13.0 Å². The summed E-state index contributed by atoms with van der Waals surface area (Å²) in [6, 6.07) is 6.10. The van der Waals surface area contributed by atoms with Gasteiger partial charge in [0.05, 0.1) is 6.61 Å². The maximum atomic E-state index is 13.2. The first-order chi connectivity index (χ1) is 6.66. The van der Waals surface area contributed by atoms with Gasteiger partial charge in [-0.3, -0.25) is 4.79 Å². The lowest BCUT2D eigenvalue weighted by atomic mass is 10.1. The number of hydrogen-bond acceptors (Lipinski definition) is 2. The summed E-state index contributed by atoms with van der Waals surface area (Å²) in [5.74, 6) is -0.889. The number of hydrogen-bond donors (Lipinski definition) is 0. The van der Waals surface area contributed by atoms with Crippen LogP contribution in [0.25, 0.3) is 0 Å². The number of ether oxygens (including phenoxy) is 1. The Morgan fingerprint density at radius 2 is 2.21 bits per heavy atom. The van der Waals surface area contributed by atoms with Crippen molar-refractivity contribution in [2.75, 3.05) is 6.61 Å². The molecule has 0 heterocycles. The minimum Gasteiger partial charge on any atom is -0.465 e. The molecule has 0 aromatic heterocycles. The number of rotatable bonds is 3. The van der Waals surface area contributed by atoms with E-state index >= 15 is 0 Å². The molecule has 1 atom stereocenters. The molecule has 0 saturated carbocycles. The van der Waals surface area contributed by atoms with Crippen LogP contribution in [-0.2, 0) is 9.53 Å². The van der Waals surface area contributed by atoms with Crippen LogP contribution in [0, 0.1) is 5.82 Å². The fourth-order valence-electron chi connectivity index (χ4n) is 1.02. The molecular formula is C10H10BrFO2. The second kappa shape index (κ2) is 5.10. The van der Waals surface area contributed by atoms with Crippen LogP contribution in [0.2, 0.25) is 0 Å². The Morgan fingerprint density at radius 3 is 2.79 bits per heavy atom. The molecule has 4 heteroatoms. The quantitative estimate of drug-likeness (QED) is 0.617. The summed E-state index contributed by atoms with van der Waals surface area (Å²) in [5.41, 5.74) is 0.297. The van der Waals surface area contributed by atoms with Crippen molar-refractivity contribution in [2.24, 2.45) is 0 Å². The van der Waals surface area contributed by atoms with Crippen LogP contribution in [0.15, 0.2) is 24.3 Å². The minimum absolute atomic E-state index is 0.287. The van der Waals surface area contributed by atoms with Crippen molar-refractivity contribution in [3.63, 3.8) is 0 Å². The molecule has 14 heavy (non-hydrogen) atoms. The molecule has 0 aliphatic rings. The van der Waals surface area contributed by atoms with Crippen LogP contribution in [0.4, 0.5) is 4.39 Å². The van der Waals surface area contributed by atoms with E-state index in [0.29, 0.717) is 5.56 Å². The number of halogens is 2. The molecule has 0 aliphatic heterocycles. The van der Waals surface area contributed by atoms with Crippen LogP contribution >= 0.6 is 15.9 Å². The molecular weight excluding hydrogens is 251 g/mol. The normalized spacial score (nSPS) is 12.2. The van der Waals surface area contributed by atoms with Crippen LogP contribution in [0.1, 0.15) is 17.3 Å². The SMILES string of the molecule is CCOC(=O)[C@H](Br)c1ccccc1F. The molecule has 0 saturated heterocycles. The Labute approximate surface area is 90.2 Å². The van der Waals surface area contributed by atoms with E-state index in [2.05, 4.69) is 15.9 Å². The van der Waals surface area contributed by atoms with Gasteiger partial charge in [-0.15, -0.1) is 0 Å². The first-order valence-electron chi connectivity index (χ1n) is 4.22. The Morgan fingerprint density at radius 1 is 1.57 bits per heavy atom. The van der Waals surface area contributed by atoms with E-state index in [0.717, 1.165) is 0 Å². The largest absolute Gasteiger partial charge is 0.465 e. The second-order valence-corrected chi connectivity index (χ2v) is 3.55. The fraction of sp³-hybridized carbons (Fsp3) is 0.300. The van der Waals surface area contributed by atoms with E-state index in [1.54, 1.807) is 25.1 Å². The summed E-state index contributed by atoms with van der Waals surface area (Å²) in [7, 11) is 0. The third-order valence-electron chi connectivity index (χ3n) is 1.67. The molecule has 1 aromatic rings. The smallest absolute Gasteiger partial charge is 0.324 e. The summed E-state index contributed by atoms with van der Waals surface area (Å²) in [6.07, 6.45) is 0. The average molecular weight is 261 g/mol. The predicted molar refractivity (Wildman–Crippen MR) is 54.7 cm³/mol. The molecule has 1 aromatic carbocycles. The van der Waals surface area contributed by atoms with Gasteiger partial charge in [0.25, 0.3) is 0 Å². The van der Waals surface area contributed by atoms with Crippen molar-refractivity contribution in [1.29, 1.82) is 0 Å². The third-order valence-corrected chi connectivity index (χ3v) is 2.54. The molecule has 0 amide bonds. The van der Waals surface area contributed by atoms with Crippen LogP contribution < -0.4 is 0 Å². The molecule has 0 spiro atoms. The van der Waals surface area contributed by atoms with E-state index in [4.69, 9.17) is 4.74 Å². The van der Waals surface area contributed by atoms with Crippen molar-refractivity contribution in [2.45, 2.75) is 11.8 Å². The Kier molecular flexibility index (Phi) is 4.07. The lowest BCUT2D eigenvalue weighted by molar-refractivity contribution is -0.142. The Balaban J connectivity index is 2.84. The van der Waals surface area contributed by atoms with Gasteiger partial charge >= 0.3 is 5.97 Å². The van der Waals surface area contributed by atoms with Crippen molar-refractivity contribution in [1.82, 2.24) is 0 Å². The summed E-state index contributed by atoms with van der Waals surface area (Å²) < 4.78 is 18.0. The summed E-state index contributed by atoms with van der Waals surface area (Å²) in [5, 5.41) is 0. The predicted octanol–water partition coefficient (Wildman–Crippen LogP) is 2.82. The van der Waals surface area contributed by atoms with Crippen molar-refractivity contribution in [3.05, 3.63) is 35.6 Å². The molecule has 0 unspecified atom stereocenters. The number of alkyl halides is 1. The molecule has 2 nitrogen and oxygen atoms in total. The molecule has 0 fully saturated rings. The average Bonchev–Trinajstić information content (AvgIpc) is 2.18. The highest BCUT2D eigenvalue weighted by molar-refractivity contribution is 9.09. The van der Waals surface area contributed by atoms with E-state index < -0.39 is 16.6 Å². The van der Waals surface area contributed by atoms with Gasteiger partial charge in [-0.2, -0.15) is 0 Å². The zero-order valence-electron chi connectivity index (χ0n) is 7.67. The monoisotopic (exact) mass is 260 g/mol. The van der Waals surface area contributed by atoms with E-state index in [-0.39, 0.29) is 6.61 Å². The molecule has 0 N–H and O–H groups in total. The molecule has 0 bridgehead atoms. The van der Waals surface area contributed by atoms with E-state index in [9.17, 15) is 9.18 Å². The van der Waals surface area contributed by atoms with Crippen molar-refractivity contribution in [3.8, 4) is 0 Å². The first-order valence-corrected chi connectivity index (χ1v) is 5.13. The number of carbonyl (C=O) groups excluding carboxylic acids is 1. The number of benzene rings is 1. The number of esters is 1. The van der Waals surface area contributed by atoms with Gasteiger partial charge in [0.2, 0.25) is 0 Å². The van der Waals surface area contributed by atoms with Crippen LogP contribution in [0.3, 0.4) is 0 Å². The maximum Gasteiger partial charge on any atom is 0.324 e. The molecule has 76 valence electrons. The van der Waals surface area contributed by atoms with Crippen LogP contribution in [0.5, 0.6) is 0 Å². The standard InChI is InChI=1S/C10H10BrFO2/c1-2-14-10(13)9(11)7-5-3-4-6-8(7)12/h3-6,9H,2H2,1H3/t9-/m1/s1. The summed E-state index contributed by atoms with van der Waals surface area (Å²) >= 11 is 3.09. The van der Waals surface area contributed by atoms with Gasteiger partial charge in [-0.1, -0.05) is 34.1 Å². The van der Waals surface area contributed by atoms with Crippen molar-refractivity contribution >= 4 is 21.9 Å². The van der Waals surface area contributed by atoms with Crippen molar-refractivity contribution < 1.29 is 13.9 Å². The van der Waals surface area contributed by atoms with Gasteiger partial charge in [0.1, 0.15) is 10.6 Å². The minimum atomic E-state index is -0.733. The first kappa shape index (κ1) is 11.2. The number of carbonyl (C=O) groups is 1. The summed E-state index contributed by atoms with van der Waals surface area (Å²) in [4.78, 5) is 10.5. The fourth-order valence-corrected chi connectivity index (χ4v) is 1.53. The molecule has 0 radical (unpaired) electrons.